The van der Waals surface area contributed by atoms with Crippen LogP contribution in [0.25, 0.3) is 0 Å². The van der Waals surface area contributed by atoms with Crippen molar-refractivity contribution in [2.24, 2.45) is 11.1 Å². The number of hydrogen-bond acceptors (Lipinski definition) is 4. The lowest BCUT2D eigenvalue weighted by atomic mass is 9.88. The summed E-state index contributed by atoms with van der Waals surface area (Å²) in [6.07, 6.45) is 5.80. The molecule has 7 nitrogen and oxygen atoms in total. The average molecular weight is 537 g/mol. The quantitative estimate of drug-likeness (QED) is 0.468. The Morgan fingerprint density at radius 2 is 1.79 bits per heavy atom. The molecule has 1 heterocycles. The largest absolute Gasteiger partial charge is 0.369 e. The van der Waals surface area contributed by atoms with Crippen molar-refractivity contribution in [1.29, 1.82) is 0 Å². The molecule has 2 aromatic rings. The van der Waals surface area contributed by atoms with E-state index >= 15 is 0 Å². The first-order valence-electron chi connectivity index (χ1n) is 14.0. The second kappa shape index (κ2) is 15.4. The zero-order chi connectivity index (χ0) is 29.0. The number of fused-ring (bicyclic) bond motifs is 2. The van der Waals surface area contributed by atoms with Gasteiger partial charge in [-0.3, -0.25) is 14.4 Å². The smallest absolute Gasteiger partial charge is 0.231 e. The topological polar surface area (TPSA) is 105 Å². The van der Waals surface area contributed by atoms with Crippen molar-refractivity contribution in [3.8, 4) is 0 Å². The highest BCUT2D eigenvalue weighted by Crippen LogP contribution is 2.29. The summed E-state index contributed by atoms with van der Waals surface area (Å²) < 4.78 is 0. The molecule has 1 aliphatic heterocycles. The molecule has 1 unspecified atom stereocenters. The zero-order valence-electron chi connectivity index (χ0n) is 24.7. The maximum absolute atomic E-state index is 12.4. The van der Waals surface area contributed by atoms with Crippen LogP contribution in [-0.4, -0.2) is 43.3 Å². The summed E-state index contributed by atoms with van der Waals surface area (Å²) in [4.78, 5) is 34.5. The lowest BCUT2D eigenvalue weighted by Crippen LogP contribution is -2.37. The molecule has 4 rings (SSSR count). The van der Waals surface area contributed by atoms with Gasteiger partial charge in [0.05, 0.1) is 12.6 Å². The molecule has 214 valence electrons. The molecule has 0 saturated heterocycles. The molecular weight excluding hydrogens is 488 g/mol. The third-order valence-corrected chi connectivity index (χ3v) is 6.93. The van der Waals surface area contributed by atoms with Gasteiger partial charge >= 0.3 is 0 Å². The highest BCUT2D eigenvalue weighted by molar-refractivity contribution is 5.77. The molecule has 1 atom stereocenters. The number of carbonyl (C=O) groups is 3. The Morgan fingerprint density at radius 1 is 1.08 bits per heavy atom. The van der Waals surface area contributed by atoms with E-state index in [2.05, 4.69) is 81.7 Å². The monoisotopic (exact) mass is 536 g/mol. The number of carbonyl (C=O) groups excluding carboxylic acids is 3. The van der Waals surface area contributed by atoms with Gasteiger partial charge in [0.1, 0.15) is 0 Å². The van der Waals surface area contributed by atoms with E-state index in [9.17, 15) is 14.4 Å². The Morgan fingerprint density at radius 3 is 2.38 bits per heavy atom. The molecule has 7 heteroatoms. The summed E-state index contributed by atoms with van der Waals surface area (Å²) in [6.45, 7) is 12.7. The molecule has 1 aliphatic carbocycles. The fourth-order valence-electron chi connectivity index (χ4n) is 4.90. The zero-order valence-corrected chi connectivity index (χ0v) is 24.7. The van der Waals surface area contributed by atoms with Gasteiger partial charge in [0.25, 0.3) is 0 Å². The molecule has 0 spiro atoms. The minimum absolute atomic E-state index is 0.0666. The van der Waals surface area contributed by atoms with E-state index < -0.39 is 0 Å². The van der Waals surface area contributed by atoms with E-state index in [0.717, 1.165) is 38.8 Å². The van der Waals surface area contributed by atoms with Crippen molar-refractivity contribution >= 4 is 18.2 Å². The Kier molecular flexibility index (Phi) is 12.7. The molecule has 39 heavy (non-hydrogen) atoms. The first kappa shape index (κ1) is 32.0. The summed E-state index contributed by atoms with van der Waals surface area (Å²) in [5, 5.41) is 5.45. The van der Waals surface area contributed by atoms with Crippen LogP contribution in [0.5, 0.6) is 0 Å². The number of likely N-dealkylation sites (N-methyl/N-ethyl adjacent to an activating group) is 1. The van der Waals surface area contributed by atoms with Crippen LogP contribution in [0.3, 0.4) is 0 Å². The second-order valence-corrected chi connectivity index (χ2v) is 11.9. The van der Waals surface area contributed by atoms with Crippen molar-refractivity contribution in [3.05, 3.63) is 70.3 Å². The number of amides is 3. The van der Waals surface area contributed by atoms with Gasteiger partial charge < -0.3 is 21.3 Å². The third kappa shape index (κ3) is 10.8. The van der Waals surface area contributed by atoms with Crippen LogP contribution in [0.1, 0.15) is 93.7 Å². The van der Waals surface area contributed by atoms with Crippen LogP contribution in [-0.2, 0) is 33.8 Å². The lowest BCUT2D eigenvalue weighted by Gasteiger charge is -2.31. The maximum atomic E-state index is 12.4. The maximum Gasteiger partial charge on any atom is 0.231 e. The molecule has 3 amide bonds. The molecular formula is C32H48N4O3. The molecule has 2 aliphatic rings. The van der Waals surface area contributed by atoms with Gasteiger partial charge in [0, 0.05) is 19.5 Å². The minimum atomic E-state index is -0.322. The highest BCUT2D eigenvalue weighted by Gasteiger charge is 2.25. The number of hydrogen-bond donors (Lipinski definition) is 3. The van der Waals surface area contributed by atoms with Crippen LogP contribution in [0.15, 0.2) is 42.5 Å². The molecule has 2 aromatic carbocycles. The van der Waals surface area contributed by atoms with Gasteiger partial charge in [0.2, 0.25) is 18.2 Å². The van der Waals surface area contributed by atoms with Crippen LogP contribution in [0.4, 0.5) is 0 Å². The van der Waals surface area contributed by atoms with Gasteiger partial charge in [-0.05, 0) is 71.9 Å². The number of nitrogens with zero attached hydrogens (tertiary/aromatic N) is 1. The number of nitrogens with two attached hydrogens (primary N) is 1. The highest BCUT2D eigenvalue weighted by atomic mass is 16.2. The van der Waals surface area contributed by atoms with E-state index in [1.165, 1.54) is 34.2 Å². The number of benzene rings is 2. The number of primary amides is 1. The van der Waals surface area contributed by atoms with E-state index in [-0.39, 0.29) is 29.8 Å². The Balaban J connectivity index is 0.000000239. The van der Waals surface area contributed by atoms with Gasteiger partial charge in [0.15, 0.2) is 0 Å². The van der Waals surface area contributed by atoms with Crippen LogP contribution < -0.4 is 16.4 Å². The summed E-state index contributed by atoms with van der Waals surface area (Å²) in [5.74, 6) is 0.511. The standard InChI is InChI=1S/C18H27NO.C11H13NO.C3H8N2O/c1-13(2)15-7-6-14-8-9-19(12-16(14)10-15)17(20)11-18(3,4)5;13-8-12-11-7-3-5-9-4-1-2-6-10(9)11;1-5-2-3(4)6/h6-7,10,13H,8-9,11-12H2,1-5H3;1-2,4,6,8,11H,3,5,7H2,(H,12,13);5H,2H2,1H3,(H2,4,6). The van der Waals surface area contributed by atoms with E-state index in [4.69, 9.17) is 5.73 Å². The van der Waals surface area contributed by atoms with Gasteiger partial charge in [-0.25, -0.2) is 0 Å². The molecule has 0 bridgehead atoms. The minimum Gasteiger partial charge on any atom is -0.369 e. The number of rotatable bonds is 6. The van der Waals surface area contributed by atoms with Crippen LogP contribution >= 0.6 is 0 Å². The predicted octanol–water partition coefficient (Wildman–Crippen LogP) is 4.63. The van der Waals surface area contributed by atoms with Crippen molar-refractivity contribution in [2.45, 2.75) is 85.2 Å². The van der Waals surface area contributed by atoms with Crippen LogP contribution in [0.2, 0.25) is 0 Å². The molecule has 4 N–H and O–H groups in total. The summed E-state index contributed by atoms with van der Waals surface area (Å²) in [7, 11) is 1.67. The first-order valence-corrected chi connectivity index (χ1v) is 14.0. The average Bonchev–Trinajstić information content (AvgIpc) is 2.88. The second-order valence-electron chi connectivity index (χ2n) is 11.9. The number of nitrogens with one attached hydrogen (secondary N) is 2. The normalized spacial score (nSPS) is 16.0. The third-order valence-electron chi connectivity index (χ3n) is 6.93. The first-order chi connectivity index (χ1) is 18.4. The Hall–Kier alpha value is -3.19. The summed E-state index contributed by atoms with van der Waals surface area (Å²) >= 11 is 0. The Labute approximate surface area is 234 Å². The fraction of sp³-hybridized carbons (Fsp3) is 0.531. The van der Waals surface area contributed by atoms with Crippen molar-refractivity contribution in [3.63, 3.8) is 0 Å². The van der Waals surface area contributed by atoms with Gasteiger partial charge in [-0.1, -0.05) is 77.1 Å². The predicted molar refractivity (Wildman–Crippen MR) is 158 cm³/mol. The number of aryl methyl sites for hydroxylation is 1. The molecule has 0 radical (unpaired) electrons. The van der Waals surface area contributed by atoms with Gasteiger partial charge in [-0.15, -0.1) is 0 Å². The molecule has 0 saturated carbocycles. The van der Waals surface area contributed by atoms with E-state index in [1.807, 2.05) is 11.0 Å². The lowest BCUT2D eigenvalue weighted by molar-refractivity contribution is -0.134. The Bertz CT molecular complexity index is 1090. The van der Waals surface area contributed by atoms with Crippen molar-refractivity contribution < 1.29 is 14.4 Å². The molecule has 0 fully saturated rings. The van der Waals surface area contributed by atoms with E-state index in [0.29, 0.717) is 12.3 Å². The SMILES string of the molecule is CC(C)c1ccc2c(c1)CN(C(=O)CC(C)(C)C)CC2.CNCC(N)=O.O=CNC1CCCc2ccccc21. The van der Waals surface area contributed by atoms with Crippen molar-refractivity contribution in [2.75, 3.05) is 20.1 Å². The summed E-state index contributed by atoms with van der Waals surface area (Å²) in [5.41, 5.74) is 11.6. The fourth-order valence-corrected chi connectivity index (χ4v) is 4.90. The van der Waals surface area contributed by atoms with Gasteiger partial charge in [-0.2, -0.15) is 0 Å². The van der Waals surface area contributed by atoms with Crippen molar-refractivity contribution in [1.82, 2.24) is 15.5 Å². The van der Waals surface area contributed by atoms with E-state index in [1.54, 1.807) is 7.05 Å². The summed E-state index contributed by atoms with van der Waals surface area (Å²) in [6, 6.07) is 15.3. The van der Waals surface area contributed by atoms with Crippen LogP contribution in [0, 0.1) is 5.41 Å². The molecule has 0 aromatic heterocycles.